The van der Waals surface area contributed by atoms with E-state index in [0.717, 1.165) is 71.1 Å². The minimum atomic E-state index is -0.597. The Morgan fingerprint density at radius 3 is 2.83 bits per heavy atom. The Morgan fingerprint density at radius 1 is 1.24 bits per heavy atom. The third-order valence-electron chi connectivity index (χ3n) is 9.16. The number of nitrogens with zero attached hydrogens (tertiary/aromatic N) is 1. The van der Waals surface area contributed by atoms with E-state index in [9.17, 15) is 9.90 Å². The number of thiophene rings is 1. The van der Waals surface area contributed by atoms with E-state index in [2.05, 4.69) is 23.3 Å². The third-order valence-corrected chi connectivity index (χ3v) is 10.1. The van der Waals surface area contributed by atoms with Crippen LogP contribution in [0.15, 0.2) is 11.4 Å². The summed E-state index contributed by atoms with van der Waals surface area (Å²) in [6.45, 7) is 4.65. The number of aliphatic hydroxyl groups is 1. The van der Waals surface area contributed by atoms with Gasteiger partial charge in [-0.3, -0.25) is 4.79 Å². The predicted octanol–water partition coefficient (Wildman–Crippen LogP) is 4.25. The maximum absolute atomic E-state index is 13.9. The number of hydrogen-bond donors (Lipinski definition) is 1. The fourth-order valence-electron chi connectivity index (χ4n) is 8.40. The van der Waals surface area contributed by atoms with Gasteiger partial charge in [0.15, 0.2) is 0 Å². The number of carbonyl (C=O) groups excluding carboxylic acids is 1. The van der Waals surface area contributed by atoms with Crippen molar-refractivity contribution >= 4 is 17.2 Å². The van der Waals surface area contributed by atoms with Gasteiger partial charge in [-0.2, -0.15) is 0 Å². The second-order valence-corrected chi connectivity index (χ2v) is 12.0. The molecule has 4 aliphatic carbocycles. The van der Waals surface area contributed by atoms with Crippen molar-refractivity contribution in [3.05, 3.63) is 21.9 Å². The third kappa shape index (κ3) is 2.66. The van der Waals surface area contributed by atoms with Crippen LogP contribution in [0.2, 0.25) is 0 Å². The average Bonchev–Trinajstić information content (AvgIpc) is 3.17. The summed E-state index contributed by atoms with van der Waals surface area (Å²) >= 11 is 1.85. The Labute approximate surface area is 177 Å². The van der Waals surface area contributed by atoms with E-state index in [0.29, 0.717) is 18.2 Å². The van der Waals surface area contributed by atoms with Crippen molar-refractivity contribution in [1.29, 1.82) is 0 Å². The highest BCUT2D eigenvalue weighted by molar-refractivity contribution is 7.10. The van der Waals surface area contributed by atoms with Gasteiger partial charge in [0.2, 0.25) is 5.91 Å². The Balaban J connectivity index is 1.24. The van der Waals surface area contributed by atoms with Crippen LogP contribution in [-0.4, -0.2) is 41.2 Å². The summed E-state index contributed by atoms with van der Waals surface area (Å²) in [5.74, 6) is 0.875. The average molecular weight is 416 g/mol. The molecular formula is C24H33NO3S. The SMILES string of the molecule is CCC12CC3CC(O)(C1)CC(C(=O)N1CCC4(CC1)OCCc1sccc14)(C3)C2. The van der Waals surface area contributed by atoms with Crippen LogP contribution in [0, 0.1) is 16.7 Å². The lowest BCUT2D eigenvalue weighted by atomic mass is 9.42. The molecule has 4 saturated carbocycles. The molecule has 5 fully saturated rings. The minimum Gasteiger partial charge on any atom is -0.390 e. The first kappa shape index (κ1) is 18.8. The van der Waals surface area contributed by atoms with E-state index < -0.39 is 5.60 Å². The van der Waals surface area contributed by atoms with Crippen molar-refractivity contribution in [2.75, 3.05) is 19.7 Å². The molecule has 5 heteroatoms. The van der Waals surface area contributed by atoms with Crippen LogP contribution in [0.25, 0.3) is 0 Å². The van der Waals surface area contributed by atoms with Crippen molar-refractivity contribution in [3.63, 3.8) is 0 Å². The molecule has 4 bridgehead atoms. The highest BCUT2D eigenvalue weighted by Gasteiger charge is 2.65. The number of fused-ring (bicyclic) bond motifs is 2. The molecular weight excluding hydrogens is 382 g/mol. The lowest BCUT2D eigenvalue weighted by Crippen LogP contribution is -2.64. The van der Waals surface area contributed by atoms with Gasteiger partial charge < -0.3 is 14.7 Å². The molecule has 1 aromatic rings. The van der Waals surface area contributed by atoms with Gasteiger partial charge in [-0.05, 0) is 79.7 Å². The predicted molar refractivity (Wildman–Crippen MR) is 113 cm³/mol. The normalized spacial score (nSPS) is 42.3. The maximum atomic E-state index is 13.9. The summed E-state index contributed by atoms with van der Waals surface area (Å²) in [6, 6.07) is 2.25. The summed E-state index contributed by atoms with van der Waals surface area (Å²) in [7, 11) is 0. The van der Waals surface area contributed by atoms with E-state index >= 15 is 0 Å². The molecule has 158 valence electrons. The number of likely N-dealkylation sites (tertiary alicyclic amines) is 1. The number of ether oxygens (including phenoxy) is 1. The largest absolute Gasteiger partial charge is 0.390 e. The summed E-state index contributed by atoms with van der Waals surface area (Å²) < 4.78 is 6.35. The van der Waals surface area contributed by atoms with Crippen molar-refractivity contribution in [1.82, 2.24) is 4.90 Å². The molecule has 0 aromatic carbocycles. The summed E-state index contributed by atoms with van der Waals surface area (Å²) in [4.78, 5) is 17.5. The Hall–Kier alpha value is -0.910. The fourth-order valence-corrected chi connectivity index (χ4v) is 9.35. The van der Waals surface area contributed by atoms with Gasteiger partial charge >= 0.3 is 0 Å². The van der Waals surface area contributed by atoms with Crippen LogP contribution >= 0.6 is 11.3 Å². The molecule has 4 atom stereocenters. The quantitative estimate of drug-likeness (QED) is 0.786. The summed E-state index contributed by atoms with van der Waals surface area (Å²) in [5, 5.41) is 13.5. The highest BCUT2D eigenvalue weighted by atomic mass is 32.1. The first-order chi connectivity index (χ1) is 13.9. The lowest BCUT2D eigenvalue weighted by Gasteiger charge is -2.65. The molecule has 4 nitrogen and oxygen atoms in total. The monoisotopic (exact) mass is 415 g/mol. The Morgan fingerprint density at radius 2 is 2.07 bits per heavy atom. The van der Waals surface area contributed by atoms with Gasteiger partial charge in [0.05, 0.1) is 23.2 Å². The van der Waals surface area contributed by atoms with Gasteiger partial charge in [-0.25, -0.2) is 0 Å². The van der Waals surface area contributed by atoms with Crippen molar-refractivity contribution in [3.8, 4) is 0 Å². The van der Waals surface area contributed by atoms with Gasteiger partial charge in [0.25, 0.3) is 0 Å². The maximum Gasteiger partial charge on any atom is 0.228 e. The molecule has 0 radical (unpaired) electrons. The molecule has 29 heavy (non-hydrogen) atoms. The lowest BCUT2D eigenvalue weighted by molar-refractivity contribution is -0.212. The molecule has 1 saturated heterocycles. The first-order valence-electron chi connectivity index (χ1n) is 11.6. The number of piperidine rings is 1. The zero-order chi connectivity index (χ0) is 19.9. The molecule has 7 rings (SSSR count). The molecule has 2 aliphatic heterocycles. The van der Waals surface area contributed by atoms with E-state index in [1.165, 1.54) is 16.9 Å². The van der Waals surface area contributed by atoms with Gasteiger partial charge in [0, 0.05) is 24.4 Å². The van der Waals surface area contributed by atoms with Crippen LogP contribution in [0.1, 0.15) is 75.2 Å². The Bertz CT molecular complexity index is 843. The van der Waals surface area contributed by atoms with E-state index in [4.69, 9.17) is 4.74 Å². The number of carbonyl (C=O) groups is 1. The van der Waals surface area contributed by atoms with Gasteiger partial charge in [-0.1, -0.05) is 13.3 Å². The number of hydrogen-bond acceptors (Lipinski definition) is 4. The first-order valence-corrected chi connectivity index (χ1v) is 12.5. The minimum absolute atomic E-state index is 0.172. The van der Waals surface area contributed by atoms with E-state index in [-0.39, 0.29) is 16.4 Å². The Kier molecular flexibility index (Phi) is 3.94. The number of amides is 1. The second-order valence-electron chi connectivity index (χ2n) is 11.0. The van der Waals surface area contributed by atoms with Crippen LogP contribution < -0.4 is 0 Å². The molecule has 6 aliphatic rings. The zero-order valence-corrected chi connectivity index (χ0v) is 18.4. The van der Waals surface area contributed by atoms with Crippen LogP contribution in [0.5, 0.6) is 0 Å². The molecule has 1 spiro atoms. The molecule has 1 amide bonds. The fraction of sp³-hybridized carbons (Fsp3) is 0.792. The van der Waals surface area contributed by atoms with Crippen LogP contribution in [0.3, 0.4) is 0 Å². The zero-order valence-electron chi connectivity index (χ0n) is 17.5. The molecule has 1 N–H and O–H groups in total. The topological polar surface area (TPSA) is 49.8 Å². The van der Waals surface area contributed by atoms with Crippen molar-refractivity contribution < 1.29 is 14.6 Å². The van der Waals surface area contributed by atoms with E-state index in [1.54, 1.807) is 0 Å². The van der Waals surface area contributed by atoms with Crippen LogP contribution in [0.4, 0.5) is 0 Å². The second kappa shape index (κ2) is 6.08. The smallest absolute Gasteiger partial charge is 0.228 e. The number of rotatable bonds is 2. The van der Waals surface area contributed by atoms with Crippen LogP contribution in [-0.2, 0) is 21.6 Å². The van der Waals surface area contributed by atoms with E-state index in [1.807, 2.05) is 11.3 Å². The summed E-state index contributed by atoms with van der Waals surface area (Å²) in [5.41, 5.74) is 0.499. The highest BCUT2D eigenvalue weighted by Crippen LogP contribution is 2.68. The molecule has 4 unspecified atom stereocenters. The summed E-state index contributed by atoms with van der Waals surface area (Å²) in [6.07, 6.45) is 9.70. The van der Waals surface area contributed by atoms with Crippen molar-refractivity contribution in [2.45, 2.75) is 82.3 Å². The van der Waals surface area contributed by atoms with Gasteiger partial charge in [0.1, 0.15) is 0 Å². The standard InChI is InChI=1S/C24H33NO3S/c1-2-21-11-17-12-22(14-21,16-23(27,13-17)15-21)20(26)25-7-5-24(6-8-25)18-4-10-29-19(18)3-9-28-24/h4,10,17,27H,2-3,5-9,11-16H2,1H3. The van der Waals surface area contributed by atoms with Crippen molar-refractivity contribution in [2.24, 2.45) is 16.7 Å². The molecule has 1 aromatic heterocycles. The molecule has 3 heterocycles. The van der Waals surface area contributed by atoms with Gasteiger partial charge in [-0.15, -0.1) is 11.3 Å².